The fourth-order valence-corrected chi connectivity index (χ4v) is 3.22. The van der Waals surface area contributed by atoms with Gasteiger partial charge in [0.15, 0.2) is 0 Å². The summed E-state index contributed by atoms with van der Waals surface area (Å²) in [5.74, 6) is 0.833. The highest BCUT2D eigenvalue weighted by Crippen LogP contribution is 2.26. The van der Waals surface area contributed by atoms with Crippen molar-refractivity contribution in [2.75, 3.05) is 19.6 Å². The van der Waals surface area contributed by atoms with E-state index in [2.05, 4.69) is 21.3 Å². The highest BCUT2D eigenvalue weighted by Gasteiger charge is 2.34. The van der Waals surface area contributed by atoms with Crippen LogP contribution in [0, 0.1) is 5.92 Å². The van der Waals surface area contributed by atoms with Gasteiger partial charge in [-0.1, -0.05) is 17.7 Å². The standard InChI is InChI=1S/C13H18ClN3/c14-13-11(4-2-6-16-13)8-17-7-10-3-1-5-15-12(10)9-17/h2,4,6,10,12,15H,1,3,5,7-9H2/t10-,12+/m0/s1. The summed E-state index contributed by atoms with van der Waals surface area (Å²) in [4.78, 5) is 6.63. The first-order valence-electron chi connectivity index (χ1n) is 6.38. The lowest BCUT2D eigenvalue weighted by Crippen LogP contribution is -2.40. The molecule has 92 valence electrons. The first-order valence-corrected chi connectivity index (χ1v) is 6.76. The summed E-state index contributed by atoms with van der Waals surface area (Å²) in [6.07, 6.45) is 4.44. The molecule has 3 nitrogen and oxygen atoms in total. The summed E-state index contributed by atoms with van der Waals surface area (Å²) < 4.78 is 0. The number of aromatic nitrogens is 1. The number of hydrogen-bond donors (Lipinski definition) is 1. The summed E-state index contributed by atoms with van der Waals surface area (Å²) >= 11 is 6.10. The van der Waals surface area contributed by atoms with Crippen molar-refractivity contribution in [3.8, 4) is 0 Å². The molecule has 1 aromatic rings. The van der Waals surface area contributed by atoms with Crippen LogP contribution < -0.4 is 5.32 Å². The van der Waals surface area contributed by atoms with Crippen molar-refractivity contribution in [3.05, 3.63) is 29.0 Å². The Labute approximate surface area is 107 Å². The van der Waals surface area contributed by atoms with Crippen molar-refractivity contribution in [2.45, 2.75) is 25.4 Å². The Morgan fingerprint density at radius 3 is 3.24 bits per heavy atom. The Hall–Kier alpha value is -0.640. The Morgan fingerprint density at radius 1 is 1.47 bits per heavy atom. The van der Waals surface area contributed by atoms with Gasteiger partial charge in [-0.15, -0.1) is 0 Å². The van der Waals surface area contributed by atoms with Crippen molar-refractivity contribution < 1.29 is 0 Å². The van der Waals surface area contributed by atoms with Crippen LogP contribution in [0.15, 0.2) is 18.3 Å². The van der Waals surface area contributed by atoms with Crippen LogP contribution in [-0.4, -0.2) is 35.6 Å². The minimum Gasteiger partial charge on any atom is -0.312 e. The monoisotopic (exact) mass is 251 g/mol. The first-order chi connectivity index (χ1) is 8.33. The predicted molar refractivity (Wildman–Crippen MR) is 69.0 cm³/mol. The largest absolute Gasteiger partial charge is 0.312 e. The molecule has 4 heteroatoms. The predicted octanol–water partition coefficient (Wildman–Crippen LogP) is 1.92. The number of halogens is 1. The third kappa shape index (κ3) is 2.46. The molecule has 2 fully saturated rings. The minimum absolute atomic E-state index is 0.648. The van der Waals surface area contributed by atoms with E-state index < -0.39 is 0 Å². The molecule has 1 aromatic heterocycles. The van der Waals surface area contributed by atoms with Gasteiger partial charge in [-0.3, -0.25) is 4.90 Å². The molecule has 0 radical (unpaired) electrons. The van der Waals surface area contributed by atoms with Crippen molar-refractivity contribution in [1.82, 2.24) is 15.2 Å². The molecular weight excluding hydrogens is 234 g/mol. The number of hydrogen-bond acceptors (Lipinski definition) is 3. The zero-order valence-electron chi connectivity index (χ0n) is 9.90. The van der Waals surface area contributed by atoms with E-state index in [4.69, 9.17) is 11.6 Å². The number of pyridine rings is 1. The molecule has 0 amide bonds. The van der Waals surface area contributed by atoms with Gasteiger partial charge in [0.05, 0.1) is 0 Å². The molecular formula is C13H18ClN3. The van der Waals surface area contributed by atoms with Crippen molar-refractivity contribution in [3.63, 3.8) is 0 Å². The van der Waals surface area contributed by atoms with Gasteiger partial charge in [0.1, 0.15) is 5.15 Å². The fraction of sp³-hybridized carbons (Fsp3) is 0.615. The van der Waals surface area contributed by atoms with Crippen LogP contribution in [0.2, 0.25) is 5.15 Å². The molecule has 0 bridgehead atoms. The Morgan fingerprint density at radius 2 is 2.41 bits per heavy atom. The molecule has 1 N–H and O–H groups in total. The average Bonchev–Trinajstić information content (AvgIpc) is 2.74. The number of piperidine rings is 1. The fourth-order valence-electron chi connectivity index (χ4n) is 3.04. The number of rotatable bonds is 2. The van der Waals surface area contributed by atoms with E-state index in [1.165, 1.54) is 25.9 Å². The molecule has 0 aliphatic carbocycles. The van der Waals surface area contributed by atoms with E-state index in [9.17, 15) is 0 Å². The summed E-state index contributed by atoms with van der Waals surface area (Å²) in [5, 5.41) is 4.27. The number of nitrogens with one attached hydrogen (secondary N) is 1. The van der Waals surface area contributed by atoms with Gasteiger partial charge < -0.3 is 5.32 Å². The smallest absolute Gasteiger partial charge is 0.133 e. The molecule has 2 atom stereocenters. The Bertz CT molecular complexity index is 382. The molecule has 17 heavy (non-hydrogen) atoms. The zero-order chi connectivity index (χ0) is 11.7. The van der Waals surface area contributed by atoms with Crippen LogP contribution in [-0.2, 0) is 6.54 Å². The van der Waals surface area contributed by atoms with Crippen molar-refractivity contribution in [1.29, 1.82) is 0 Å². The van der Waals surface area contributed by atoms with Gasteiger partial charge in [-0.2, -0.15) is 0 Å². The lowest BCUT2D eigenvalue weighted by atomic mass is 9.94. The lowest BCUT2D eigenvalue weighted by molar-refractivity contribution is 0.312. The highest BCUT2D eigenvalue weighted by molar-refractivity contribution is 6.30. The van der Waals surface area contributed by atoms with Crippen molar-refractivity contribution >= 4 is 11.6 Å². The third-order valence-corrected chi connectivity index (χ3v) is 4.25. The van der Waals surface area contributed by atoms with E-state index >= 15 is 0 Å². The number of nitrogens with zero attached hydrogens (tertiary/aromatic N) is 2. The summed E-state index contributed by atoms with van der Waals surface area (Å²) in [7, 11) is 0. The molecule has 2 aliphatic rings. The maximum atomic E-state index is 6.10. The van der Waals surface area contributed by atoms with E-state index in [0.29, 0.717) is 11.2 Å². The van der Waals surface area contributed by atoms with Crippen LogP contribution in [0.1, 0.15) is 18.4 Å². The normalized spacial score (nSPS) is 29.2. The molecule has 3 rings (SSSR count). The van der Waals surface area contributed by atoms with E-state index in [-0.39, 0.29) is 0 Å². The topological polar surface area (TPSA) is 28.2 Å². The first kappa shape index (κ1) is 11.5. The lowest BCUT2D eigenvalue weighted by Gasteiger charge is -2.24. The molecule has 3 heterocycles. The molecule has 0 spiro atoms. The van der Waals surface area contributed by atoms with E-state index in [1.807, 2.05) is 6.07 Å². The third-order valence-electron chi connectivity index (χ3n) is 3.91. The summed E-state index contributed by atoms with van der Waals surface area (Å²) in [5.41, 5.74) is 1.15. The molecule has 0 aromatic carbocycles. The minimum atomic E-state index is 0.648. The highest BCUT2D eigenvalue weighted by atomic mass is 35.5. The maximum absolute atomic E-state index is 6.10. The summed E-state index contributed by atoms with van der Waals surface area (Å²) in [6, 6.07) is 4.73. The Kier molecular flexibility index (Phi) is 3.32. The Balaban J connectivity index is 1.65. The summed E-state index contributed by atoms with van der Waals surface area (Å²) in [6.45, 7) is 4.46. The van der Waals surface area contributed by atoms with E-state index in [0.717, 1.165) is 24.6 Å². The van der Waals surface area contributed by atoms with Crippen LogP contribution >= 0.6 is 11.6 Å². The number of likely N-dealkylation sites (tertiary alicyclic amines) is 1. The van der Waals surface area contributed by atoms with Crippen molar-refractivity contribution in [2.24, 2.45) is 5.92 Å². The average molecular weight is 252 g/mol. The van der Waals surface area contributed by atoms with Crippen LogP contribution in [0.4, 0.5) is 0 Å². The van der Waals surface area contributed by atoms with E-state index in [1.54, 1.807) is 6.20 Å². The van der Waals surface area contributed by atoms with Gasteiger partial charge in [-0.25, -0.2) is 4.98 Å². The molecule has 0 saturated carbocycles. The second kappa shape index (κ2) is 4.92. The molecule has 2 saturated heterocycles. The SMILES string of the molecule is Clc1ncccc1CN1C[C@@H]2CCCN[C@@H]2C1. The van der Waals surface area contributed by atoms with Gasteiger partial charge in [-0.05, 0) is 31.4 Å². The van der Waals surface area contributed by atoms with Crippen LogP contribution in [0.5, 0.6) is 0 Å². The van der Waals surface area contributed by atoms with Crippen LogP contribution in [0.3, 0.4) is 0 Å². The quantitative estimate of drug-likeness (QED) is 0.814. The van der Waals surface area contributed by atoms with Gasteiger partial charge >= 0.3 is 0 Å². The van der Waals surface area contributed by atoms with Gasteiger partial charge in [0.25, 0.3) is 0 Å². The van der Waals surface area contributed by atoms with Gasteiger partial charge in [0.2, 0.25) is 0 Å². The van der Waals surface area contributed by atoms with Crippen LogP contribution in [0.25, 0.3) is 0 Å². The second-order valence-electron chi connectivity index (χ2n) is 5.11. The van der Waals surface area contributed by atoms with Gasteiger partial charge in [0, 0.05) is 37.4 Å². The molecule has 2 aliphatic heterocycles. The zero-order valence-corrected chi connectivity index (χ0v) is 10.7. The second-order valence-corrected chi connectivity index (χ2v) is 5.47. The number of fused-ring (bicyclic) bond motifs is 1. The maximum Gasteiger partial charge on any atom is 0.133 e. The molecule has 0 unspecified atom stereocenters.